The number of aromatic amines is 1. The molecule has 82 valence electrons. The molecule has 1 aromatic heterocycles. The van der Waals surface area contributed by atoms with Crippen molar-refractivity contribution >= 4 is 6.29 Å². The van der Waals surface area contributed by atoms with E-state index in [4.69, 9.17) is 4.74 Å². The average molecular weight is 215 g/mol. The van der Waals surface area contributed by atoms with Crippen LogP contribution in [0.3, 0.4) is 0 Å². The SMILES string of the molecule is COc1[nH]c(-c2cccc(C)c2)cc1C=O. The molecule has 0 atom stereocenters. The standard InChI is InChI=1S/C13H13NO2/c1-9-4-3-5-10(6-9)12-7-11(8-15)13(14-12)16-2/h3-8,14H,1-2H3. The molecule has 2 aromatic rings. The first-order valence-corrected chi connectivity index (χ1v) is 5.04. The number of aldehydes is 1. The highest BCUT2D eigenvalue weighted by molar-refractivity contribution is 5.82. The molecule has 1 aromatic carbocycles. The van der Waals surface area contributed by atoms with Crippen LogP contribution < -0.4 is 4.74 Å². The zero-order chi connectivity index (χ0) is 11.5. The van der Waals surface area contributed by atoms with E-state index in [1.54, 1.807) is 13.2 Å². The van der Waals surface area contributed by atoms with Crippen LogP contribution in [-0.2, 0) is 0 Å². The fourth-order valence-corrected chi connectivity index (χ4v) is 1.68. The van der Waals surface area contributed by atoms with Crippen LogP contribution in [-0.4, -0.2) is 18.4 Å². The molecule has 0 aliphatic heterocycles. The average Bonchev–Trinajstić information content (AvgIpc) is 2.72. The van der Waals surface area contributed by atoms with Crippen molar-refractivity contribution in [3.05, 3.63) is 41.5 Å². The van der Waals surface area contributed by atoms with Crippen molar-refractivity contribution < 1.29 is 9.53 Å². The predicted octanol–water partition coefficient (Wildman–Crippen LogP) is 2.81. The lowest BCUT2D eigenvalue weighted by Gasteiger charge is -1.99. The summed E-state index contributed by atoms with van der Waals surface area (Å²) < 4.78 is 5.08. The van der Waals surface area contributed by atoms with Crippen molar-refractivity contribution in [3.8, 4) is 17.1 Å². The van der Waals surface area contributed by atoms with Gasteiger partial charge in [-0.25, -0.2) is 0 Å². The van der Waals surface area contributed by atoms with E-state index in [9.17, 15) is 4.79 Å². The number of ether oxygens (including phenoxy) is 1. The molecule has 16 heavy (non-hydrogen) atoms. The molecule has 3 heteroatoms. The molecular weight excluding hydrogens is 202 g/mol. The Morgan fingerprint density at radius 3 is 2.69 bits per heavy atom. The highest BCUT2D eigenvalue weighted by atomic mass is 16.5. The smallest absolute Gasteiger partial charge is 0.201 e. The fraction of sp³-hybridized carbons (Fsp3) is 0.154. The highest BCUT2D eigenvalue weighted by Crippen LogP contribution is 2.25. The minimum absolute atomic E-state index is 0.506. The summed E-state index contributed by atoms with van der Waals surface area (Å²) in [6.07, 6.45) is 0.786. The van der Waals surface area contributed by atoms with Gasteiger partial charge in [0, 0.05) is 5.69 Å². The molecular formula is C13H13NO2. The third-order valence-electron chi connectivity index (χ3n) is 2.47. The van der Waals surface area contributed by atoms with Gasteiger partial charge in [0.05, 0.1) is 12.7 Å². The van der Waals surface area contributed by atoms with Gasteiger partial charge in [-0.3, -0.25) is 4.79 Å². The monoisotopic (exact) mass is 215 g/mol. The maximum Gasteiger partial charge on any atom is 0.201 e. The molecule has 0 amide bonds. The minimum Gasteiger partial charge on any atom is -0.482 e. The first-order valence-electron chi connectivity index (χ1n) is 5.04. The van der Waals surface area contributed by atoms with Crippen molar-refractivity contribution in [2.75, 3.05) is 7.11 Å². The lowest BCUT2D eigenvalue weighted by atomic mass is 10.1. The Hall–Kier alpha value is -2.03. The molecule has 3 nitrogen and oxygen atoms in total. The summed E-state index contributed by atoms with van der Waals surface area (Å²) in [6, 6.07) is 9.86. The Morgan fingerprint density at radius 1 is 1.31 bits per heavy atom. The summed E-state index contributed by atoms with van der Waals surface area (Å²) in [6.45, 7) is 2.03. The molecule has 0 spiro atoms. The molecule has 1 N–H and O–H groups in total. The molecule has 0 bridgehead atoms. The quantitative estimate of drug-likeness (QED) is 0.800. The van der Waals surface area contributed by atoms with Crippen LogP contribution in [0.2, 0.25) is 0 Å². The first kappa shape index (κ1) is 10.5. The van der Waals surface area contributed by atoms with Crippen molar-refractivity contribution in [2.45, 2.75) is 6.92 Å². The van der Waals surface area contributed by atoms with Crippen molar-refractivity contribution in [2.24, 2.45) is 0 Å². The zero-order valence-electron chi connectivity index (χ0n) is 9.28. The second-order valence-electron chi connectivity index (χ2n) is 3.66. The number of methoxy groups -OCH3 is 1. The van der Waals surface area contributed by atoms with Crippen molar-refractivity contribution in [1.82, 2.24) is 4.98 Å². The van der Waals surface area contributed by atoms with Gasteiger partial charge < -0.3 is 9.72 Å². The number of rotatable bonds is 3. The number of carbonyl (C=O) groups is 1. The van der Waals surface area contributed by atoms with E-state index in [0.29, 0.717) is 11.4 Å². The van der Waals surface area contributed by atoms with Gasteiger partial charge in [0.25, 0.3) is 0 Å². The Balaban J connectivity index is 2.48. The van der Waals surface area contributed by atoms with Crippen LogP contribution in [0.1, 0.15) is 15.9 Å². The molecule has 1 heterocycles. The van der Waals surface area contributed by atoms with Gasteiger partial charge >= 0.3 is 0 Å². The number of aryl methyl sites for hydroxylation is 1. The molecule has 0 aliphatic carbocycles. The zero-order valence-corrected chi connectivity index (χ0v) is 9.28. The van der Waals surface area contributed by atoms with E-state index in [2.05, 4.69) is 11.1 Å². The van der Waals surface area contributed by atoms with Crippen LogP contribution in [0.5, 0.6) is 5.88 Å². The van der Waals surface area contributed by atoms with Gasteiger partial charge in [0.1, 0.15) is 0 Å². The maximum absolute atomic E-state index is 10.8. The summed E-state index contributed by atoms with van der Waals surface area (Å²) in [5, 5.41) is 0. The second-order valence-corrected chi connectivity index (χ2v) is 3.66. The lowest BCUT2D eigenvalue weighted by molar-refractivity contribution is 0.112. The van der Waals surface area contributed by atoms with Crippen molar-refractivity contribution in [1.29, 1.82) is 0 Å². The summed E-state index contributed by atoms with van der Waals surface area (Å²) in [5.41, 5.74) is 3.66. The van der Waals surface area contributed by atoms with Crippen LogP contribution >= 0.6 is 0 Å². The first-order chi connectivity index (χ1) is 7.74. The number of hydrogen-bond acceptors (Lipinski definition) is 2. The summed E-state index contributed by atoms with van der Waals surface area (Å²) >= 11 is 0. The van der Waals surface area contributed by atoms with Gasteiger partial charge in [0.15, 0.2) is 6.29 Å². The molecule has 0 aliphatic rings. The van der Waals surface area contributed by atoms with Gasteiger partial charge in [-0.2, -0.15) is 0 Å². The molecule has 0 saturated heterocycles. The number of H-pyrrole nitrogens is 1. The van der Waals surface area contributed by atoms with Gasteiger partial charge in [-0.1, -0.05) is 23.8 Å². The highest BCUT2D eigenvalue weighted by Gasteiger charge is 2.08. The summed E-state index contributed by atoms with van der Waals surface area (Å²) in [4.78, 5) is 13.9. The summed E-state index contributed by atoms with van der Waals surface area (Å²) in [5.74, 6) is 0.506. The second kappa shape index (κ2) is 4.23. The Kier molecular flexibility index (Phi) is 2.77. The minimum atomic E-state index is 0.506. The van der Waals surface area contributed by atoms with Crippen molar-refractivity contribution in [3.63, 3.8) is 0 Å². The molecule has 2 rings (SSSR count). The number of nitrogens with one attached hydrogen (secondary N) is 1. The van der Waals surface area contributed by atoms with Gasteiger partial charge in [0.2, 0.25) is 5.88 Å². The van der Waals surface area contributed by atoms with E-state index < -0.39 is 0 Å². The fourth-order valence-electron chi connectivity index (χ4n) is 1.68. The van der Waals surface area contributed by atoms with Crippen LogP contribution in [0.4, 0.5) is 0 Å². The van der Waals surface area contributed by atoms with E-state index in [-0.39, 0.29) is 0 Å². The molecule has 0 radical (unpaired) electrons. The third kappa shape index (κ3) is 1.84. The molecule has 0 unspecified atom stereocenters. The van der Waals surface area contributed by atoms with E-state index in [1.807, 2.05) is 25.1 Å². The maximum atomic E-state index is 10.8. The van der Waals surface area contributed by atoms with Gasteiger partial charge in [-0.15, -0.1) is 0 Å². The normalized spacial score (nSPS) is 10.1. The Morgan fingerprint density at radius 2 is 2.12 bits per heavy atom. The number of benzene rings is 1. The lowest BCUT2D eigenvalue weighted by Crippen LogP contribution is -1.86. The van der Waals surface area contributed by atoms with Gasteiger partial charge in [-0.05, 0) is 24.6 Å². The Bertz CT molecular complexity index is 514. The number of carbonyl (C=O) groups excluding carboxylic acids is 1. The van der Waals surface area contributed by atoms with Crippen LogP contribution in [0, 0.1) is 6.92 Å². The number of aromatic nitrogens is 1. The van der Waals surface area contributed by atoms with E-state index >= 15 is 0 Å². The van der Waals surface area contributed by atoms with E-state index in [0.717, 1.165) is 17.5 Å². The summed E-state index contributed by atoms with van der Waals surface area (Å²) in [7, 11) is 1.54. The van der Waals surface area contributed by atoms with Crippen LogP contribution in [0.15, 0.2) is 30.3 Å². The molecule has 0 saturated carbocycles. The Labute approximate surface area is 94.1 Å². The van der Waals surface area contributed by atoms with E-state index in [1.165, 1.54) is 5.56 Å². The van der Waals surface area contributed by atoms with Crippen LogP contribution in [0.25, 0.3) is 11.3 Å². The third-order valence-corrected chi connectivity index (χ3v) is 2.47. The predicted molar refractivity (Wildman–Crippen MR) is 62.9 cm³/mol. The molecule has 0 fully saturated rings. The largest absolute Gasteiger partial charge is 0.482 e. The number of hydrogen-bond donors (Lipinski definition) is 1. The topological polar surface area (TPSA) is 42.1 Å².